The maximum Gasteiger partial charge on any atom is 0.180 e. The van der Waals surface area contributed by atoms with Crippen LogP contribution in [0.15, 0.2) is 49.2 Å². The lowest BCUT2D eigenvalue weighted by molar-refractivity contribution is 0.202. The van der Waals surface area contributed by atoms with Gasteiger partial charge >= 0.3 is 0 Å². The average molecular weight is 474 g/mol. The number of imidazole rings is 1. The van der Waals surface area contributed by atoms with E-state index in [9.17, 15) is 5.11 Å². The Kier molecular flexibility index (Phi) is 5.77. The minimum absolute atomic E-state index is 0.289. The SMILES string of the molecule is CN1CCOc2ccc(-c3cnc(Nc4cnn(C5CCC(CCO)CC5)c4)c4nccn34)cc21. The monoisotopic (exact) mass is 473 g/mol. The van der Waals surface area contributed by atoms with Crippen molar-refractivity contribution in [3.63, 3.8) is 0 Å². The highest BCUT2D eigenvalue weighted by Crippen LogP contribution is 2.36. The molecule has 1 aliphatic heterocycles. The van der Waals surface area contributed by atoms with Gasteiger partial charge in [-0.25, -0.2) is 9.97 Å². The third-order valence-electron chi connectivity index (χ3n) is 7.37. The highest BCUT2D eigenvalue weighted by molar-refractivity contribution is 5.76. The summed E-state index contributed by atoms with van der Waals surface area (Å²) in [6.45, 7) is 1.87. The summed E-state index contributed by atoms with van der Waals surface area (Å²) >= 11 is 0. The number of nitrogens with zero attached hydrogens (tertiary/aromatic N) is 6. The third-order valence-corrected chi connectivity index (χ3v) is 7.37. The van der Waals surface area contributed by atoms with Crippen molar-refractivity contribution >= 4 is 22.8 Å². The minimum atomic E-state index is 0.289. The Balaban J connectivity index is 1.23. The zero-order valence-corrected chi connectivity index (χ0v) is 20.0. The summed E-state index contributed by atoms with van der Waals surface area (Å²) in [4.78, 5) is 11.5. The number of hydrogen-bond donors (Lipinski definition) is 2. The number of fused-ring (bicyclic) bond motifs is 2. The van der Waals surface area contributed by atoms with Crippen LogP contribution < -0.4 is 15.0 Å². The molecule has 4 heterocycles. The lowest BCUT2D eigenvalue weighted by Gasteiger charge is -2.28. The molecule has 0 radical (unpaired) electrons. The number of anilines is 3. The van der Waals surface area contributed by atoms with Crippen LogP contribution in [0.1, 0.15) is 38.1 Å². The lowest BCUT2D eigenvalue weighted by atomic mass is 9.84. The first kappa shape index (κ1) is 21.9. The first-order chi connectivity index (χ1) is 17.2. The second-order valence-electron chi connectivity index (χ2n) is 9.59. The number of nitrogens with one attached hydrogen (secondary N) is 1. The molecule has 0 amide bonds. The summed E-state index contributed by atoms with van der Waals surface area (Å²) in [6, 6.07) is 6.66. The van der Waals surface area contributed by atoms with E-state index in [4.69, 9.17) is 9.72 Å². The Morgan fingerprint density at radius 2 is 2.03 bits per heavy atom. The number of aliphatic hydroxyl groups is 1. The number of hydrogen-bond acceptors (Lipinski definition) is 7. The Morgan fingerprint density at radius 3 is 2.89 bits per heavy atom. The third kappa shape index (κ3) is 4.20. The molecule has 9 heteroatoms. The van der Waals surface area contributed by atoms with Crippen molar-refractivity contribution in [1.82, 2.24) is 24.1 Å². The maximum absolute atomic E-state index is 9.20. The van der Waals surface area contributed by atoms with Crippen molar-refractivity contribution < 1.29 is 9.84 Å². The number of aromatic nitrogens is 5. The van der Waals surface area contributed by atoms with Crippen molar-refractivity contribution in [1.29, 1.82) is 0 Å². The summed E-state index contributed by atoms with van der Waals surface area (Å²) in [5.41, 5.74) is 4.79. The summed E-state index contributed by atoms with van der Waals surface area (Å²) in [5.74, 6) is 2.25. The van der Waals surface area contributed by atoms with Gasteiger partial charge in [-0.2, -0.15) is 5.10 Å². The molecule has 0 unspecified atom stereocenters. The van der Waals surface area contributed by atoms with Gasteiger partial charge in [0.1, 0.15) is 12.4 Å². The van der Waals surface area contributed by atoms with Crippen molar-refractivity contribution in [2.24, 2.45) is 5.92 Å². The Bertz CT molecular complexity index is 1320. The van der Waals surface area contributed by atoms with E-state index in [2.05, 4.69) is 54.8 Å². The Morgan fingerprint density at radius 1 is 1.14 bits per heavy atom. The van der Waals surface area contributed by atoms with Gasteiger partial charge < -0.3 is 20.1 Å². The smallest absolute Gasteiger partial charge is 0.180 e. The van der Waals surface area contributed by atoms with Gasteiger partial charge in [-0.1, -0.05) is 0 Å². The van der Waals surface area contributed by atoms with Crippen LogP contribution in [0.25, 0.3) is 16.9 Å². The number of rotatable bonds is 6. The molecule has 1 saturated carbocycles. The largest absolute Gasteiger partial charge is 0.490 e. The van der Waals surface area contributed by atoms with Gasteiger partial charge in [-0.3, -0.25) is 9.08 Å². The van der Waals surface area contributed by atoms with Crippen LogP contribution in [-0.2, 0) is 0 Å². The fourth-order valence-electron chi connectivity index (χ4n) is 5.35. The van der Waals surface area contributed by atoms with E-state index in [-0.39, 0.29) is 6.61 Å². The van der Waals surface area contributed by atoms with Gasteiger partial charge in [-0.15, -0.1) is 0 Å². The van der Waals surface area contributed by atoms with Crippen LogP contribution >= 0.6 is 0 Å². The van der Waals surface area contributed by atoms with Gasteiger partial charge in [0.15, 0.2) is 11.5 Å². The van der Waals surface area contributed by atoms with Crippen LogP contribution in [0, 0.1) is 5.92 Å². The first-order valence-electron chi connectivity index (χ1n) is 12.4. The van der Waals surface area contributed by atoms with Crippen molar-refractivity contribution in [2.45, 2.75) is 38.1 Å². The molecule has 0 bridgehead atoms. The molecule has 35 heavy (non-hydrogen) atoms. The molecule has 1 aliphatic carbocycles. The van der Waals surface area contributed by atoms with Crippen LogP contribution in [0.2, 0.25) is 0 Å². The van der Waals surface area contributed by atoms with Crippen LogP contribution in [0.4, 0.5) is 17.2 Å². The standard InChI is InChI=1S/C26H31N7O2/c1-31-11-13-35-24-7-4-19(14-22(24)31)23-16-28-25(26-27-9-10-32(23)26)30-20-15-29-33(17-20)21-5-2-18(3-6-21)8-12-34/h4,7,9-10,14-18,21,34H,2-3,5-6,8,11-13H2,1H3,(H,28,30). The van der Waals surface area contributed by atoms with Gasteiger partial charge in [-0.05, 0) is 56.2 Å². The molecule has 0 spiro atoms. The highest BCUT2D eigenvalue weighted by Gasteiger charge is 2.23. The zero-order chi connectivity index (χ0) is 23.8. The number of benzene rings is 1. The summed E-state index contributed by atoms with van der Waals surface area (Å²) in [7, 11) is 2.09. The zero-order valence-electron chi connectivity index (χ0n) is 20.0. The minimum Gasteiger partial charge on any atom is -0.490 e. The summed E-state index contributed by atoms with van der Waals surface area (Å²) in [6.07, 6.45) is 15.0. The molecule has 2 N–H and O–H groups in total. The molecule has 1 fully saturated rings. The lowest BCUT2D eigenvalue weighted by Crippen LogP contribution is -2.28. The predicted octanol–water partition coefficient (Wildman–Crippen LogP) is 4.28. The Labute approximate surface area is 204 Å². The van der Waals surface area contributed by atoms with Gasteiger partial charge in [0.2, 0.25) is 0 Å². The maximum atomic E-state index is 9.20. The van der Waals surface area contributed by atoms with E-state index in [0.29, 0.717) is 24.4 Å². The van der Waals surface area contributed by atoms with E-state index in [1.165, 1.54) is 0 Å². The summed E-state index contributed by atoms with van der Waals surface area (Å²) in [5, 5.41) is 17.2. The number of likely N-dealkylation sites (N-methyl/N-ethyl adjacent to an activating group) is 1. The molecule has 1 aromatic carbocycles. The van der Waals surface area contributed by atoms with E-state index in [0.717, 1.165) is 72.7 Å². The first-order valence-corrected chi connectivity index (χ1v) is 12.4. The van der Waals surface area contributed by atoms with Gasteiger partial charge in [0, 0.05) is 37.8 Å². The number of aliphatic hydroxyl groups excluding tert-OH is 1. The van der Waals surface area contributed by atoms with Crippen LogP contribution in [0.3, 0.4) is 0 Å². The quantitative estimate of drug-likeness (QED) is 0.432. The predicted molar refractivity (Wildman–Crippen MR) is 135 cm³/mol. The topological polar surface area (TPSA) is 92.7 Å². The molecule has 6 rings (SSSR count). The molecule has 4 aromatic rings. The fourth-order valence-corrected chi connectivity index (χ4v) is 5.35. The Hall–Kier alpha value is -3.59. The molecule has 182 valence electrons. The molecule has 3 aromatic heterocycles. The van der Waals surface area contributed by atoms with E-state index in [1.54, 1.807) is 6.20 Å². The van der Waals surface area contributed by atoms with Crippen molar-refractivity contribution in [3.05, 3.63) is 49.2 Å². The highest BCUT2D eigenvalue weighted by atomic mass is 16.5. The van der Waals surface area contributed by atoms with E-state index >= 15 is 0 Å². The average Bonchev–Trinajstić information content (AvgIpc) is 3.56. The fraction of sp³-hybridized carbons (Fsp3) is 0.423. The molecule has 0 saturated heterocycles. The van der Waals surface area contributed by atoms with Gasteiger partial charge in [0.05, 0.1) is 42.0 Å². The van der Waals surface area contributed by atoms with Crippen LogP contribution in [0.5, 0.6) is 5.75 Å². The van der Waals surface area contributed by atoms with E-state index < -0.39 is 0 Å². The normalized spacial score (nSPS) is 20.0. The molecule has 2 aliphatic rings. The molecular formula is C26H31N7O2. The summed E-state index contributed by atoms with van der Waals surface area (Å²) < 4.78 is 9.93. The van der Waals surface area contributed by atoms with Gasteiger partial charge in [0.25, 0.3) is 0 Å². The van der Waals surface area contributed by atoms with E-state index in [1.807, 2.05) is 24.7 Å². The second-order valence-corrected chi connectivity index (χ2v) is 9.59. The second kappa shape index (κ2) is 9.22. The van der Waals surface area contributed by atoms with Crippen molar-refractivity contribution in [2.75, 3.05) is 37.0 Å². The molecule has 9 nitrogen and oxygen atoms in total. The van der Waals surface area contributed by atoms with Crippen molar-refractivity contribution in [3.8, 4) is 17.0 Å². The molecular weight excluding hydrogens is 442 g/mol. The van der Waals surface area contributed by atoms with Crippen LogP contribution in [-0.4, -0.2) is 56.1 Å². The molecule has 0 atom stereocenters. The number of ether oxygens (including phenoxy) is 1.